The standard InChI is InChI=1S/C7H6ClNO3/c1-3-6(7(8)10)4-5(2)9(11)12/h3-4H,1-2H2/b6-4+. The molecule has 0 N–H and O–H groups in total. The minimum absolute atomic E-state index is 0.0432. The fourth-order valence-electron chi connectivity index (χ4n) is 0.428. The Morgan fingerprint density at radius 1 is 1.58 bits per heavy atom. The first-order valence-electron chi connectivity index (χ1n) is 2.86. The van der Waals surface area contributed by atoms with Crippen molar-refractivity contribution in [2.75, 3.05) is 0 Å². The molecule has 0 spiro atoms. The Morgan fingerprint density at radius 2 is 2.08 bits per heavy atom. The van der Waals surface area contributed by atoms with Gasteiger partial charge in [-0.15, -0.1) is 0 Å². The van der Waals surface area contributed by atoms with E-state index in [1.54, 1.807) is 0 Å². The maximum atomic E-state index is 10.5. The van der Waals surface area contributed by atoms with Crippen molar-refractivity contribution in [2.24, 2.45) is 0 Å². The molecule has 5 heteroatoms. The van der Waals surface area contributed by atoms with E-state index in [4.69, 9.17) is 11.6 Å². The smallest absolute Gasteiger partial charge is 0.263 e. The van der Waals surface area contributed by atoms with Gasteiger partial charge < -0.3 is 0 Å². The fourth-order valence-corrected chi connectivity index (χ4v) is 0.560. The Hall–Kier alpha value is -1.42. The van der Waals surface area contributed by atoms with Crippen molar-refractivity contribution in [1.29, 1.82) is 0 Å². The number of allylic oxidation sites excluding steroid dienone is 3. The molecule has 0 saturated heterocycles. The highest BCUT2D eigenvalue weighted by Gasteiger charge is 2.07. The zero-order valence-electron chi connectivity index (χ0n) is 6.12. The number of rotatable bonds is 4. The third kappa shape index (κ3) is 3.12. The van der Waals surface area contributed by atoms with Crippen LogP contribution in [0.15, 0.2) is 36.6 Å². The SMILES string of the molecule is C=C/C(=C\C(=C)[N+](=O)[O-])C(=O)Cl. The summed E-state index contributed by atoms with van der Waals surface area (Å²) in [7, 11) is 0. The minimum Gasteiger partial charge on any atom is -0.276 e. The second-order valence-electron chi connectivity index (χ2n) is 1.83. The third-order valence-electron chi connectivity index (χ3n) is 1.00. The first-order valence-corrected chi connectivity index (χ1v) is 3.24. The van der Waals surface area contributed by atoms with Gasteiger partial charge in [0.1, 0.15) is 0 Å². The molecule has 0 radical (unpaired) electrons. The number of nitro groups is 1. The van der Waals surface area contributed by atoms with Crippen LogP contribution in [0.2, 0.25) is 0 Å². The monoisotopic (exact) mass is 187 g/mol. The van der Waals surface area contributed by atoms with Crippen molar-refractivity contribution < 1.29 is 9.72 Å². The van der Waals surface area contributed by atoms with Gasteiger partial charge in [-0.3, -0.25) is 14.9 Å². The van der Waals surface area contributed by atoms with Gasteiger partial charge in [0, 0.05) is 11.6 Å². The number of halogens is 1. The molecule has 0 saturated carbocycles. The maximum Gasteiger partial charge on any atom is 0.263 e. The van der Waals surface area contributed by atoms with E-state index in [2.05, 4.69) is 13.2 Å². The van der Waals surface area contributed by atoms with Crippen molar-refractivity contribution in [3.8, 4) is 0 Å². The molecular formula is C7H6ClNO3. The van der Waals surface area contributed by atoms with Crippen LogP contribution in [0, 0.1) is 10.1 Å². The van der Waals surface area contributed by atoms with Gasteiger partial charge in [0.25, 0.3) is 10.9 Å². The molecule has 0 rings (SSSR count). The Labute approximate surface area is 74.0 Å². The van der Waals surface area contributed by atoms with Crippen LogP contribution in [0.3, 0.4) is 0 Å². The van der Waals surface area contributed by atoms with Crippen molar-refractivity contribution in [1.82, 2.24) is 0 Å². The predicted molar refractivity (Wildman–Crippen MR) is 45.3 cm³/mol. The molecule has 0 aromatic heterocycles. The predicted octanol–water partition coefficient (Wildman–Crippen LogP) is 1.65. The minimum atomic E-state index is -0.798. The number of carbonyl (C=O) groups excluding carboxylic acids is 1. The highest BCUT2D eigenvalue weighted by atomic mass is 35.5. The van der Waals surface area contributed by atoms with Gasteiger partial charge >= 0.3 is 0 Å². The lowest BCUT2D eigenvalue weighted by molar-refractivity contribution is -0.418. The van der Waals surface area contributed by atoms with Crippen LogP contribution in [0.4, 0.5) is 0 Å². The van der Waals surface area contributed by atoms with E-state index >= 15 is 0 Å². The van der Waals surface area contributed by atoms with Gasteiger partial charge in [-0.25, -0.2) is 0 Å². The lowest BCUT2D eigenvalue weighted by Crippen LogP contribution is -1.97. The molecule has 0 heterocycles. The van der Waals surface area contributed by atoms with E-state index in [0.29, 0.717) is 0 Å². The van der Waals surface area contributed by atoms with E-state index in [-0.39, 0.29) is 5.57 Å². The number of hydrogen-bond donors (Lipinski definition) is 0. The highest BCUT2D eigenvalue weighted by molar-refractivity contribution is 6.68. The van der Waals surface area contributed by atoms with Crippen LogP contribution in [-0.4, -0.2) is 10.2 Å². The summed E-state index contributed by atoms with van der Waals surface area (Å²) >= 11 is 5.05. The molecule has 0 aromatic rings. The lowest BCUT2D eigenvalue weighted by Gasteiger charge is -1.91. The van der Waals surface area contributed by atoms with Crippen molar-refractivity contribution in [3.05, 3.63) is 46.7 Å². The summed E-state index contributed by atoms with van der Waals surface area (Å²) in [5.41, 5.74) is -0.447. The maximum absolute atomic E-state index is 10.5. The zero-order chi connectivity index (χ0) is 9.72. The van der Waals surface area contributed by atoms with Gasteiger partial charge in [0.05, 0.1) is 4.92 Å². The number of hydrogen-bond acceptors (Lipinski definition) is 3. The second kappa shape index (κ2) is 4.46. The Morgan fingerprint density at radius 3 is 2.33 bits per heavy atom. The zero-order valence-corrected chi connectivity index (χ0v) is 6.87. The summed E-state index contributed by atoms with van der Waals surface area (Å²) in [4.78, 5) is 19.8. The molecule has 0 unspecified atom stereocenters. The molecule has 0 aromatic carbocycles. The van der Waals surface area contributed by atoms with E-state index in [1.807, 2.05) is 0 Å². The van der Waals surface area contributed by atoms with Crippen LogP contribution in [0.5, 0.6) is 0 Å². The van der Waals surface area contributed by atoms with Crippen molar-refractivity contribution in [3.63, 3.8) is 0 Å². The molecule has 0 bridgehead atoms. The van der Waals surface area contributed by atoms with Gasteiger partial charge in [-0.1, -0.05) is 12.7 Å². The highest BCUT2D eigenvalue weighted by Crippen LogP contribution is 2.05. The number of carbonyl (C=O) groups is 1. The Balaban J connectivity index is 4.72. The summed E-state index contributed by atoms with van der Waals surface area (Å²) in [6.45, 7) is 6.35. The summed E-state index contributed by atoms with van der Waals surface area (Å²) in [6, 6.07) is 0. The van der Waals surface area contributed by atoms with Crippen molar-refractivity contribution >= 4 is 16.8 Å². The van der Waals surface area contributed by atoms with Crippen LogP contribution in [0.25, 0.3) is 0 Å². The van der Waals surface area contributed by atoms with Crippen LogP contribution in [0.1, 0.15) is 0 Å². The average molecular weight is 188 g/mol. The number of nitrogens with zero attached hydrogens (tertiary/aromatic N) is 1. The van der Waals surface area contributed by atoms with Crippen LogP contribution in [-0.2, 0) is 4.79 Å². The van der Waals surface area contributed by atoms with E-state index in [1.165, 1.54) is 0 Å². The fraction of sp³-hybridized carbons (Fsp3) is 0. The third-order valence-corrected chi connectivity index (χ3v) is 1.22. The van der Waals surface area contributed by atoms with Crippen LogP contribution >= 0.6 is 11.6 Å². The van der Waals surface area contributed by atoms with Gasteiger partial charge in [0.2, 0.25) is 0 Å². The topological polar surface area (TPSA) is 60.2 Å². The molecule has 0 aliphatic heterocycles. The molecule has 4 nitrogen and oxygen atoms in total. The largest absolute Gasteiger partial charge is 0.276 e. The van der Waals surface area contributed by atoms with Crippen LogP contribution < -0.4 is 0 Å². The lowest BCUT2D eigenvalue weighted by atomic mass is 10.2. The average Bonchev–Trinajstić information content (AvgIpc) is 1.98. The summed E-state index contributed by atoms with van der Waals surface area (Å²) in [5, 5.41) is 9.25. The van der Waals surface area contributed by atoms with Gasteiger partial charge in [0.15, 0.2) is 0 Å². The quantitative estimate of drug-likeness (QED) is 0.221. The molecule has 12 heavy (non-hydrogen) atoms. The van der Waals surface area contributed by atoms with Crippen molar-refractivity contribution in [2.45, 2.75) is 0 Å². The first-order chi connectivity index (χ1) is 5.49. The Bertz CT molecular complexity index is 280. The molecule has 0 atom stereocenters. The molecule has 0 amide bonds. The molecule has 0 aliphatic rings. The molecule has 64 valence electrons. The molecule has 0 fully saturated rings. The first kappa shape index (κ1) is 10.6. The summed E-state index contributed by atoms with van der Waals surface area (Å²) in [5.74, 6) is 0. The van der Waals surface area contributed by atoms with Gasteiger partial charge in [-0.05, 0) is 18.2 Å². The summed E-state index contributed by atoms with van der Waals surface area (Å²) in [6.07, 6.45) is 2.09. The van der Waals surface area contributed by atoms with E-state index < -0.39 is 15.9 Å². The molecular weight excluding hydrogens is 182 g/mol. The van der Waals surface area contributed by atoms with E-state index in [9.17, 15) is 14.9 Å². The van der Waals surface area contributed by atoms with Gasteiger partial charge in [-0.2, -0.15) is 0 Å². The summed E-state index contributed by atoms with van der Waals surface area (Å²) < 4.78 is 0. The second-order valence-corrected chi connectivity index (χ2v) is 2.17. The Kier molecular flexibility index (Phi) is 3.93. The van der Waals surface area contributed by atoms with E-state index in [0.717, 1.165) is 12.2 Å². The normalized spacial score (nSPS) is 10.6. The molecule has 0 aliphatic carbocycles.